The van der Waals surface area contributed by atoms with Gasteiger partial charge >= 0.3 is 0 Å². The maximum atomic E-state index is 11.8. The number of nitrogens with two attached hydrogens (primary N) is 1. The highest BCUT2D eigenvalue weighted by atomic mass is 35.5. The number of ether oxygens (including phenoxy) is 1. The van der Waals surface area contributed by atoms with Crippen LogP contribution in [0.25, 0.3) is 0 Å². The SMILES string of the molecule is COC(CN)CC(=O)Nc1ccc(N2CCCC2)nc1.Cl.Cl. The summed E-state index contributed by atoms with van der Waals surface area (Å²) in [4.78, 5) is 18.4. The number of rotatable bonds is 6. The summed E-state index contributed by atoms with van der Waals surface area (Å²) in [5.74, 6) is 0.857. The predicted molar refractivity (Wildman–Crippen MR) is 93.3 cm³/mol. The first-order valence-corrected chi connectivity index (χ1v) is 6.96. The van der Waals surface area contributed by atoms with Crippen LogP contribution in [0.2, 0.25) is 0 Å². The summed E-state index contributed by atoms with van der Waals surface area (Å²) < 4.78 is 5.09. The Kier molecular flexibility index (Phi) is 10.1. The fourth-order valence-electron chi connectivity index (χ4n) is 2.27. The summed E-state index contributed by atoms with van der Waals surface area (Å²) in [6, 6.07) is 3.82. The molecule has 2 rings (SSSR count). The molecule has 0 aromatic carbocycles. The average molecular weight is 351 g/mol. The summed E-state index contributed by atoms with van der Waals surface area (Å²) in [5, 5.41) is 2.80. The maximum Gasteiger partial charge on any atom is 0.227 e. The van der Waals surface area contributed by atoms with E-state index in [1.165, 1.54) is 12.8 Å². The second kappa shape index (κ2) is 10.6. The van der Waals surface area contributed by atoms with Gasteiger partial charge in [-0.05, 0) is 25.0 Å². The number of pyridine rings is 1. The van der Waals surface area contributed by atoms with Gasteiger partial charge in [0.05, 0.1) is 24.4 Å². The number of methoxy groups -OCH3 is 1. The minimum Gasteiger partial charge on any atom is -0.380 e. The van der Waals surface area contributed by atoms with Gasteiger partial charge in [0.1, 0.15) is 5.82 Å². The van der Waals surface area contributed by atoms with Crippen molar-refractivity contribution in [2.75, 3.05) is 37.0 Å². The topological polar surface area (TPSA) is 80.5 Å². The standard InChI is InChI=1S/C14H22N4O2.2ClH/c1-20-12(9-15)8-14(19)17-11-4-5-13(16-10-11)18-6-2-3-7-18;;/h4-5,10,12H,2-3,6-9,15H2,1H3,(H,17,19);2*1H. The molecule has 0 aliphatic carbocycles. The van der Waals surface area contributed by atoms with Crippen molar-refractivity contribution in [1.29, 1.82) is 0 Å². The summed E-state index contributed by atoms with van der Waals surface area (Å²) in [6.45, 7) is 2.45. The third-order valence-corrected chi connectivity index (χ3v) is 3.47. The largest absolute Gasteiger partial charge is 0.380 e. The highest BCUT2D eigenvalue weighted by Gasteiger charge is 2.14. The molecule has 1 unspecified atom stereocenters. The minimum absolute atomic E-state index is 0. The van der Waals surface area contributed by atoms with Gasteiger partial charge in [0.15, 0.2) is 0 Å². The number of hydrogen-bond acceptors (Lipinski definition) is 5. The molecule has 0 radical (unpaired) electrons. The number of carbonyl (C=O) groups is 1. The number of anilines is 2. The Balaban J connectivity index is 0.00000220. The monoisotopic (exact) mass is 350 g/mol. The molecule has 1 aromatic heterocycles. The van der Waals surface area contributed by atoms with Crippen molar-refractivity contribution in [3.05, 3.63) is 18.3 Å². The van der Waals surface area contributed by atoms with Crippen molar-refractivity contribution in [3.8, 4) is 0 Å². The second-order valence-electron chi connectivity index (χ2n) is 4.94. The fraction of sp³-hybridized carbons (Fsp3) is 0.571. The molecule has 1 amide bonds. The van der Waals surface area contributed by atoms with Crippen molar-refractivity contribution >= 4 is 42.2 Å². The van der Waals surface area contributed by atoms with Gasteiger partial charge in [0.2, 0.25) is 5.91 Å². The lowest BCUT2D eigenvalue weighted by Crippen LogP contribution is -2.28. The predicted octanol–water partition coefficient (Wildman–Crippen LogP) is 1.83. The van der Waals surface area contributed by atoms with Crippen molar-refractivity contribution in [1.82, 2.24) is 4.98 Å². The molecule has 2 heterocycles. The van der Waals surface area contributed by atoms with E-state index in [0.717, 1.165) is 18.9 Å². The van der Waals surface area contributed by atoms with E-state index in [1.54, 1.807) is 13.3 Å². The zero-order chi connectivity index (χ0) is 14.4. The molecule has 8 heteroatoms. The van der Waals surface area contributed by atoms with Gasteiger partial charge in [-0.1, -0.05) is 0 Å². The molecule has 1 aliphatic heterocycles. The number of aromatic nitrogens is 1. The van der Waals surface area contributed by atoms with Crippen LogP contribution in [0.3, 0.4) is 0 Å². The number of amides is 1. The van der Waals surface area contributed by atoms with Crippen LogP contribution in [-0.4, -0.2) is 43.7 Å². The van der Waals surface area contributed by atoms with Crippen LogP contribution in [0, 0.1) is 0 Å². The summed E-state index contributed by atoms with van der Waals surface area (Å²) in [5.41, 5.74) is 6.19. The van der Waals surface area contributed by atoms with Gasteiger partial charge in [-0.3, -0.25) is 4.79 Å². The highest BCUT2D eigenvalue weighted by Crippen LogP contribution is 2.19. The molecule has 1 aromatic rings. The molecule has 1 saturated heterocycles. The molecule has 1 aliphatic rings. The minimum atomic E-state index is -0.244. The molecule has 3 N–H and O–H groups in total. The van der Waals surface area contributed by atoms with Crippen molar-refractivity contribution in [2.45, 2.75) is 25.4 Å². The molecular formula is C14H24Cl2N4O2. The summed E-state index contributed by atoms with van der Waals surface area (Å²) in [6.07, 6.45) is 4.14. The fourth-order valence-corrected chi connectivity index (χ4v) is 2.27. The van der Waals surface area contributed by atoms with Crippen LogP contribution in [0.1, 0.15) is 19.3 Å². The Morgan fingerprint density at radius 3 is 2.59 bits per heavy atom. The van der Waals surface area contributed by atoms with Crippen molar-refractivity contribution in [3.63, 3.8) is 0 Å². The van der Waals surface area contributed by atoms with Crippen LogP contribution in [-0.2, 0) is 9.53 Å². The highest BCUT2D eigenvalue weighted by molar-refractivity contribution is 5.91. The van der Waals surface area contributed by atoms with E-state index >= 15 is 0 Å². The Hall–Kier alpha value is -1.08. The van der Waals surface area contributed by atoms with Crippen LogP contribution >= 0.6 is 24.8 Å². The summed E-state index contributed by atoms with van der Waals surface area (Å²) in [7, 11) is 1.55. The van der Waals surface area contributed by atoms with Gasteiger partial charge < -0.3 is 20.7 Å². The van der Waals surface area contributed by atoms with Gasteiger partial charge in [0.25, 0.3) is 0 Å². The Labute approximate surface area is 143 Å². The van der Waals surface area contributed by atoms with E-state index < -0.39 is 0 Å². The lowest BCUT2D eigenvalue weighted by molar-refractivity contribution is -0.118. The Bertz CT molecular complexity index is 435. The molecule has 126 valence electrons. The zero-order valence-electron chi connectivity index (χ0n) is 12.7. The first kappa shape index (κ1) is 20.9. The first-order valence-electron chi connectivity index (χ1n) is 6.96. The van der Waals surface area contributed by atoms with Crippen LogP contribution < -0.4 is 16.0 Å². The molecule has 0 bridgehead atoms. The van der Waals surface area contributed by atoms with Crippen LogP contribution in [0.15, 0.2) is 18.3 Å². The van der Waals surface area contributed by atoms with Crippen molar-refractivity contribution < 1.29 is 9.53 Å². The lowest BCUT2D eigenvalue weighted by atomic mass is 10.2. The average Bonchev–Trinajstić information content (AvgIpc) is 2.99. The molecule has 1 atom stereocenters. The third-order valence-electron chi connectivity index (χ3n) is 3.47. The number of halogens is 2. The Morgan fingerprint density at radius 2 is 2.09 bits per heavy atom. The maximum absolute atomic E-state index is 11.8. The van der Waals surface area contributed by atoms with Crippen molar-refractivity contribution in [2.24, 2.45) is 5.73 Å². The van der Waals surface area contributed by atoms with E-state index in [0.29, 0.717) is 12.2 Å². The second-order valence-corrected chi connectivity index (χ2v) is 4.94. The number of carbonyl (C=O) groups excluding carboxylic acids is 1. The molecule has 0 saturated carbocycles. The van der Waals surface area contributed by atoms with E-state index in [9.17, 15) is 4.79 Å². The third kappa shape index (κ3) is 5.96. The molecule has 0 spiro atoms. The molecule has 1 fully saturated rings. The van der Waals surface area contributed by atoms with E-state index in [4.69, 9.17) is 10.5 Å². The van der Waals surface area contributed by atoms with E-state index in [-0.39, 0.29) is 43.2 Å². The number of nitrogens with zero attached hydrogens (tertiary/aromatic N) is 2. The van der Waals surface area contributed by atoms with Crippen LogP contribution in [0.4, 0.5) is 11.5 Å². The molecule has 6 nitrogen and oxygen atoms in total. The van der Waals surface area contributed by atoms with E-state index in [1.807, 2.05) is 12.1 Å². The zero-order valence-corrected chi connectivity index (χ0v) is 14.3. The quantitative estimate of drug-likeness (QED) is 0.817. The van der Waals surface area contributed by atoms with E-state index in [2.05, 4.69) is 15.2 Å². The van der Waals surface area contributed by atoms with Gasteiger partial charge in [-0.25, -0.2) is 4.98 Å². The Morgan fingerprint density at radius 1 is 1.41 bits per heavy atom. The van der Waals surface area contributed by atoms with Gasteiger partial charge in [-0.2, -0.15) is 0 Å². The smallest absolute Gasteiger partial charge is 0.227 e. The van der Waals surface area contributed by atoms with Gasteiger partial charge in [-0.15, -0.1) is 24.8 Å². The number of hydrogen-bond donors (Lipinski definition) is 2. The molecular weight excluding hydrogens is 327 g/mol. The first-order chi connectivity index (χ1) is 9.72. The van der Waals surface area contributed by atoms with Crippen LogP contribution in [0.5, 0.6) is 0 Å². The number of nitrogens with one attached hydrogen (secondary N) is 1. The lowest BCUT2D eigenvalue weighted by Gasteiger charge is -2.16. The summed E-state index contributed by atoms with van der Waals surface area (Å²) >= 11 is 0. The normalized spacial score (nSPS) is 14.7. The van der Waals surface area contributed by atoms with Gasteiger partial charge in [0, 0.05) is 26.7 Å². The molecule has 22 heavy (non-hydrogen) atoms.